The van der Waals surface area contributed by atoms with Crippen LogP contribution in [0.3, 0.4) is 0 Å². The number of benzene rings is 6. The molecule has 0 heterocycles. The number of fused-ring (bicyclic) bond motifs is 6. The lowest BCUT2D eigenvalue weighted by atomic mass is 9.81. The maximum Gasteiger partial charge on any atom is 0.0159 e. The van der Waals surface area contributed by atoms with E-state index in [9.17, 15) is 0 Å². The summed E-state index contributed by atoms with van der Waals surface area (Å²) in [4.78, 5) is 0. The van der Waals surface area contributed by atoms with Crippen molar-refractivity contribution in [2.45, 2.75) is 39.5 Å². The van der Waals surface area contributed by atoms with Crippen molar-refractivity contribution in [3.8, 4) is 44.5 Å². The van der Waals surface area contributed by atoms with Crippen molar-refractivity contribution in [1.82, 2.24) is 0 Å². The third kappa shape index (κ3) is 4.74. The molecule has 0 saturated heterocycles. The monoisotopic (exact) mass is 640 g/mol. The molecule has 0 fully saturated rings. The van der Waals surface area contributed by atoms with Crippen LogP contribution in [0.4, 0.5) is 0 Å². The summed E-state index contributed by atoms with van der Waals surface area (Å²) >= 11 is 0. The highest BCUT2D eigenvalue weighted by atomic mass is 14.4. The zero-order chi connectivity index (χ0) is 34.0. The van der Waals surface area contributed by atoms with E-state index in [4.69, 9.17) is 0 Å². The van der Waals surface area contributed by atoms with Crippen molar-refractivity contribution >= 4 is 21.9 Å². The van der Waals surface area contributed by atoms with Gasteiger partial charge in [0, 0.05) is 5.41 Å². The number of hydrogen-bond donors (Lipinski definition) is 0. The van der Waals surface area contributed by atoms with Gasteiger partial charge in [-0.2, -0.15) is 0 Å². The zero-order valence-electron chi connectivity index (χ0n) is 29.2. The van der Waals surface area contributed by atoms with E-state index in [0.717, 1.165) is 6.42 Å². The molecule has 0 N–H and O–H groups in total. The molecule has 6 aromatic carbocycles. The Kier molecular flexibility index (Phi) is 7.11. The van der Waals surface area contributed by atoms with E-state index in [1.165, 1.54) is 99.8 Å². The molecule has 0 heteroatoms. The predicted octanol–water partition coefficient (Wildman–Crippen LogP) is 13.8. The molecular formula is C50H40. The molecule has 0 nitrogen and oxygen atoms in total. The highest BCUT2D eigenvalue weighted by Crippen LogP contribution is 2.50. The second-order valence-electron chi connectivity index (χ2n) is 14.4. The average molecular weight is 641 g/mol. The minimum atomic E-state index is -0.0176. The minimum Gasteiger partial charge on any atom is -0.0835 e. The third-order valence-electron chi connectivity index (χ3n) is 11.3. The molecule has 0 atom stereocenters. The Morgan fingerprint density at radius 1 is 0.620 bits per heavy atom. The maximum absolute atomic E-state index is 2.43. The van der Waals surface area contributed by atoms with Crippen LogP contribution in [-0.4, -0.2) is 0 Å². The largest absolute Gasteiger partial charge is 0.0835 e. The first-order valence-electron chi connectivity index (χ1n) is 17.9. The summed E-state index contributed by atoms with van der Waals surface area (Å²) in [6.45, 7) is 9.10. The van der Waals surface area contributed by atoms with Gasteiger partial charge in [0.15, 0.2) is 0 Å². The molecule has 9 rings (SSSR count). The van der Waals surface area contributed by atoms with Gasteiger partial charge >= 0.3 is 0 Å². The Labute approximate surface area is 296 Å². The lowest BCUT2D eigenvalue weighted by Gasteiger charge is -2.22. The van der Waals surface area contributed by atoms with Gasteiger partial charge in [-0.15, -0.1) is 0 Å². The first kappa shape index (κ1) is 30.3. The van der Waals surface area contributed by atoms with Crippen LogP contribution in [-0.2, 0) is 5.41 Å². The van der Waals surface area contributed by atoms with Crippen LogP contribution >= 0.6 is 0 Å². The molecule has 0 radical (unpaired) electrons. The molecule has 0 bridgehead atoms. The van der Waals surface area contributed by atoms with Gasteiger partial charge in [-0.05, 0) is 138 Å². The third-order valence-corrected chi connectivity index (χ3v) is 11.3. The molecule has 0 aromatic heterocycles. The van der Waals surface area contributed by atoms with Crippen LogP contribution in [0, 0.1) is 0 Å². The van der Waals surface area contributed by atoms with Crippen LogP contribution in [0.1, 0.15) is 56.4 Å². The summed E-state index contributed by atoms with van der Waals surface area (Å²) in [5.41, 5.74) is 21.0. The number of hydrogen-bond acceptors (Lipinski definition) is 0. The van der Waals surface area contributed by atoms with E-state index in [2.05, 4.69) is 185 Å². The van der Waals surface area contributed by atoms with E-state index in [0.29, 0.717) is 0 Å². The van der Waals surface area contributed by atoms with Crippen molar-refractivity contribution in [3.05, 3.63) is 191 Å². The average Bonchev–Trinajstić information content (AvgIpc) is 3.49. The second-order valence-corrected chi connectivity index (χ2v) is 14.4. The summed E-state index contributed by atoms with van der Waals surface area (Å²) in [6, 6.07) is 45.2. The Balaban J connectivity index is 1.07. The van der Waals surface area contributed by atoms with Crippen LogP contribution in [0.15, 0.2) is 169 Å². The summed E-state index contributed by atoms with van der Waals surface area (Å²) in [6.07, 6.45) is 14.8. The SMILES string of the molecule is C/C=C1/CC=CC(c2ccc3c(c2)C(C)(C)c2ccccc2-3)=C/C1=C/C=C(\C)c1cccc(-c2ccc3c4c(cccc24)-c2ccccc2-3)c1. The van der Waals surface area contributed by atoms with Gasteiger partial charge in [-0.25, -0.2) is 0 Å². The lowest BCUT2D eigenvalue weighted by Crippen LogP contribution is -2.15. The Morgan fingerprint density at radius 2 is 1.30 bits per heavy atom. The van der Waals surface area contributed by atoms with Gasteiger partial charge in [0.25, 0.3) is 0 Å². The van der Waals surface area contributed by atoms with Crippen molar-refractivity contribution < 1.29 is 0 Å². The molecule has 50 heavy (non-hydrogen) atoms. The summed E-state index contributed by atoms with van der Waals surface area (Å²) in [5, 5.41) is 2.69. The maximum atomic E-state index is 2.43. The van der Waals surface area contributed by atoms with Gasteiger partial charge in [-0.3, -0.25) is 0 Å². The van der Waals surface area contributed by atoms with Gasteiger partial charge in [0.05, 0.1) is 0 Å². The standard InChI is InChI=1S/C50H40/c1-5-33-13-10-15-35(37-25-26-43-42-19-8-9-22-47(42)50(3,4)48(43)31-37)30-36(33)24-23-32(2)34-14-11-16-38(29-34)39-27-28-46-41-18-7-6-17-40(41)45-21-12-20-44(39)49(45)46/h5-12,14-31H,13H2,1-4H3/b32-23+,33-5-,36-24-. The molecule has 240 valence electrons. The van der Waals surface area contributed by atoms with E-state index < -0.39 is 0 Å². The molecule has 0 saturated carbocycles. The Hall–Kier alpha value is -5.72. The molecule has 0 unspecified atom stereocenters. The van der Waals surface area contributed by atoms with Crippen molar-refractivity contribution in [1.29, 1.82) is 0 Å². The second kappa shape index (κ2) is 11.7. The summed E-state index contributed by atoms with van der Waals surface area (Å²) in [7, 11) is 0. The fourth-order valence-electron chi connectivity index (χ4n) is 8.55. The van der Waals surface area contributed by atoms with Gasteiger partial charge < -0.3 is 0 Å². The predicted molar refractivity (Wildman–Crippen MR) is 215 cm³/mol. The van der Waals surface area contributed by atoms with Crippen LogP contribution in [0.25, 0.3) is 66.4 Å². The molecule has 0 amide bonds. The molecular weight excluding hydrogens is 601 g/mol. The quantitative estimate of drug-likeness (QED) is 0.180. The van der Waals surface area contributed by atoms with Gasteiger partial charge in [0.1, 0.15) is 0 Å². The van der Waals surface area contributed by atoms with Gasteiger partial charge in [-0.1, -0.05) is 153 Å². The van der Waals surface area contributed by atoms with E-state index in [1.807, 2.05) is 0 Å². The number of rotatable bonds is 4. The summed E-state index contributed by atoms with van der Waals surface area (Å²) < 4.78 is 0. The normalized spacial score (nSPS) is 17.1. The lowest BCUT2D eigenvalue weighted by molar-refractivity contribution is 0.660. The van der Waals surface area contributed by atoms with Crippen LogP contribution < -0.4 is 0 Å². The van der Waals surface area contributed by atoms with E-state index in [-0.39, 0.29) is 5.41 Å². The Bertz CT molecular complexity index is 2510. The molecule has 0 spiro atoms. The van der Waals surface area contributed by atoms with Crippen molar-refractivity contribution in [2.24, 2.45) is 0 Å². The fourth-order valence-corrected chi connectivity index (χ4v) is 8.55. The smallest absolute Gasteiger partial charge is 0.0159 e. The fraction of sp³-hybridized carbons (Fsp3) is 0.120. The van der Waals surface area contributed by atoms with Crippen LogP contribution in [0.2, 0.25) is 0 Å². The van der Waals surface area contributed by atoms with Gasteiger partial charge in [0.2, 0.25) is 0 Å². The molecule has 3 aliphatic carbocycles. The highest BCUT2D eigenvalue weighted by molar-refractivity contribution is 6.18. The molecule has 0 aliphatic heterocycles. The van der Waals surface area contributed by atoms with E-state index in [1.54, 1.807) is 0 Å². The topological polar surface area (TPSA) is 0 Å². The first-order valence-corrected chi connectivity index (χ1v) is 17.9. The highest BCUT2D eigenvalue weighted by Gasteiger charge is 2.35. The molecule has 3 aliphatic rings. The van der Waals surface area contributed by atoms with Crippen molar-refractivity contribution in [3.63, 3.8) is 0 Å². The number of allylic oxidation sites excluding steroid dienone is 10. The molecule has 6 aromatic rings. The Morgan fingerprint density at radius 3 is 2.12 bits per heavy atom. The first-order chi connectivity index (χ1) is 24.4. The zero-order valence-corrected chi connectivity index (χ0v) is 29.2. The van der Waals surface area contributed by atoms with Crippen molar-refractivity contribution in [2.75, 3.05) is 0 Å². The minimum absolute atomic E-state index is 0.0176. The van der Waals surface area contributed by atoms with Crippen LogP contribution in [0.5, 0.6) is 0 Å². The van der Waals surface area contributed by atoms with E-state index >= 15 is 0 Å². The summed E-state index contributed by atoms with van der Waals surface area (Å²) in [5.74, 6) is 0.